The van der Waals surface area contributed by atoms with Gasteiger partial charge in [0.05, 0.1) is 12.0 Å². The summed E-state index contributed by atoms with van der Waals surface area (Å²) >= 11 is 6.14. The molecule has 1 aliphatic heterocycles. The Labute approximate surface area is 165 Å². The van der Waals surface area contributed by atoms with Crippen molar-refractivity contribution in [3.05, 3.63) is 59.1 Å². The molecule has 1 saturated heterocycles. The van der Waals surface area contributed by atoms with Crippen LogP contribution in [-0.4, -0.2) is 32.7 Å². The van der Waals surface area contributed by atoms with Crippen molar-refractivity contribution in [1.82, 2.24) is 5.32 Å². The third kappa shape index (κ3) is 5.01. The number of benzene rings is 2. The Morgan fingerprint density at radius 1 is 1.15 bits per heavy atom. The SMILES string of the molecule is COCC1(C(=O)Nc2ccc(OCc3ccccc3Cl)cc2)CCNCC1. The molecule has 2 aromatic rings. The van der Waals surface area contributed by atoms with Gasteiger partial charge in [0.15, 0.2) is 0 Å². The lowest BCUT2D eigenvalue weighted by Gasteiger charge is -2.35. The molecule has 1 heterocycles. The van der Waals surface area contributed by atoms with Gasteiger partial charge in [-0.1, -0.05) is 29.8 Å². The normalized spacial score (nSPS) is 15.9. The number of hydrogen-bond acceptors (Lipinski definition) is 4. The number of carbonyl (C=O) groups is 1. The molecule has 0 atom stereocenters. The lowest BCUT2D eigenvalue weighted by Crippen LogP contribution is -2.47. The molecule has 3 rings (SSSR count). The maximum atomic E-state index is 12.8. The molecular formula is C21H25ClN2O3. The van der Waals surface area contributed by atoms with E-state index in [1.54, 1.807) is 7.11 Å². The van der Waals surface area contributed by atoms with Gasteiger partial charge in [-0.15, -0.1) is 0 Å². The van der Waals surface area contributed by atoms with Crippen LogP contribution in [-0.2, 0) is 16.1 Å². The van der Waals surface area contributed by atoms with Crippen molar-refractivity contribution in [3.8, 4) is 5.75 Å². The number of rotatable bonds is 7. The fourth-order valence-electron chi connectivity index (χ4n) is 3.29. The molecule has 0 radical (unpaired) electrons. The van der Waals surface area contributed by atoms with Crippen LogP contribution < -0.4 is 15.4 Å². The van der Waals surface area contributed by atoms with E-state index in [0.717, 1.165) is 42.9 Å². The largest absolute Gasteiger partial charge is 0.489 e. The Bertz CT molecular complexity index is 753. The number of methoxy groups -OCH3 is 1. The minimum Gasteiger partial charge on any atom is -0.489 e. The number of carbonyl (C=O) groups excluding carboxylic acids is 1. The van der Waals surface area contributed by atoms with E-state index in [9.17, 15) is 4.79 Å². The molecule has 0 aliphatic carbocycles. The van der Waals surface area contributed by atoms with Crippen molar-refractivity contribution in [3.63, 3.8) is 0 Å². The minimum atomic E-state index is -0.473. The monoisotopic (exact) mass is 388 g/mol. The molecule has 0 bridgehead atoms. The number of ether oxygens (including phenoxy) is 2. The number of hydrogen-bond donors (Lipinski definition) is 2. The molecule has 1 fully saturated rings. The van der Waals surface area contributed by atoms with Crippen molar-refractivity contribution >= 4 is 23.2 Å². The summed E-state index contributed by atoms with van der Waals surface area (Å²) in [5, 5.41) is 7.00. The summed E-state index contributed by atoms with van der Waals surface area (Å²) in [5.41, 5.74) is 1.21. The molecule has 1 aliphatic rings. The molecule has 144 valence electrons. The number of anilines is 1. The number of amides is 1. The van der Waals surface area contributed by atoms with E-state index in [2.05, 4.69) is 10.6 Å². The van der Waals surface area contributed by atoms with Crippen LogP contribution in [0, 0.1) is 5.41 Å². The Kier molecular flexibility index (Phi) is 6.72. The summed E-state index contributed by atoms with van der Waals surface area (Å²) in [6.45, 7) is 2.48. The zero-order chi connectivity index (χ0) is 19.1. The van der Waals surface area contributed by atoms with Gasteiger partial charge in [-0.3, -0.25) is 4.79 Å². The van der Waals surface area contributed by atoms with Gasteiger partial charge < -0.3 is 20.1 Å². The van der Waals surface area contributed by atoms with Crippen molar-refractivity contribution in [1.29, 1.82) is 0 Å². The standard InChI is InChI=1S/C21H25ClN2O3/c1-26-15-21(10-12-23-13-11-21)20(25)24-17-6-8-18(9-7-17)27-14-16-4-2-3-5-19(16)22/h2-9,23H,10-15H2,1H3,(H,24,25). The van der Waals surface area contributed by atoms with Crippen LogP contribution in [0.4, 0.5) is 5.69 Å². The van der Waals surface area contributed by atoms with Gasteiger partial charge >= 0.3 is 0 Å². The van der Waals surface area contributed by atoms with Gasteiger partial charge in [0.25, 0.3) is 0 Å². The molecule has 0 saturated carbocycles. The number of halogens is 1. The third-order valence-electron chi connectivity index (χ3n) is 4.93. The van der Waals surface area contributed by atoms with Gasteiger partial charge in [0.2, 0.25) is 5.91 Å². The van der Waals surface area contributed by atoms with Gasteiger partial charge in [0, 0.05) is 23.4 Å². The van der Waals surface area contributed by atoms with Crippen LogP contribution >= 0.6 is 11.6 Å². The first-order valence-corrected chi connectivity index (χ1v) is 9.48. The molecule has 6 heteroatoms. The van der Waals surface area contributed by atoms with Gasteiger partial charge in [-0.2, -0.15) is 0 Å². The predicted octanol–water partition coefficient (Wildman–Crippen LogP) is 3.87. The van der Waals surface area contributed by atoms with Gasteiger partial charge in [-0.25, -0.2) is 0 Å². The minimum absolute atomic E-state index is 0.00980. The molecule has 0 spiro atoms. The highest BCUT2D eigenvalue weighted by Crippen LogP contribution is 2.31. The summed E-state index contributed by atoms with van der Waals surface area (Å²) < 4.78 is 11.1. The van der Waals surface area contributed by atoms with Crippen molar-refractivity contribution in [2.75, 3.05) is 32.1 Å². The first kappa shape index (κ1) is 19.7. The summed E-state index contributed by atoms with van der Waals surface area (Å²) in [6, 6.07) is 15.0. The molecular weight excluding hydrogens is 364 g/mol. The Balaban J connectivity index is 1.59. The quantitative estimate of drug-likeness (QED) is 0.755. The number of piperidine rings is 1. The first-order chi connectivity index (χ1) is 13.1. The zero-order valence-electron chi connectivity index (χ0n) is 15.5. The summed E-state index contributed by atoms with van der Waals surface area (Å²) in [4.78, 5) is 12.8. The van der Waals surface area contributed by atoms with Gasteiger partial charge in [-0.05, 0) is 56.3 Å². The van der Waals surface area contributed by atoms with Crippen molar-refractivity contribution < 1.29 is 14.3 Å². The van der Waals surface area contributed by atoms with Gasteiger partial charge in [0.1, 0.15) is 12.4 Å². The van der Waals surface area contributed by atoms with Crippen LogP contribution in [0.15, 0.2) is 48.5 Å². The molecule has 1 amide bonds. The lowest BCUT2D eigenvalue weighted by molar-refractivity contribution is -0.130. The van der Waals surface area contributed by atoms with Crippen LogP contribution in [0.2, 0.25) is 5.02 Å². The highest BCUT2D eigenvalue weighted by molar-refractivity contribution is 6.31. The highest BCUT2D eigenvalue weighted by Gasteiger charge is 2.39. The van der Waals surface area contributed by atoms with Crippen LogP contribution in [0.25, 0.3) is 0 Å². The van der Waals surface area contributed by atoms with Crippen LogP contribution in [0.5, 0.6) is 5.75 Å². The highest BCUT2D eigenvalue weighted by atomic mass is 35.5. The molecule has 2 aromatic carbocycles. The first-order valence-electron chi connectivity index (χ1n) is 9.10. The Hall–Kier alpha value is -2.08. The fourth-order valence-corrected chi connectivity index (χ4v) is 3.48. The second-order valence-electron chi connectivity index (χ2n) is 6.82. The van der Waals surface area contributed by atoms with Crippen molar-refractivity contribution in [2.45, 2.75) is 19.4 Å². The molecule has 0 aromatic heterocycles. The average Bonchev–Trinajstić information content (AvgIpc) is 2.69. The van der Waals surface area contributed by atoms with E-state index in [-0.39, 0.29) is 5.91 Å². The number of nitrogens with one attached hydrogen (secondary N) is 2. The Morgan fingerprint density at radius 3 is 2.52 bits per heavy atom. The van der Waals surface area contributed by atoms with E-state index >= 15 is 0 Å². The molecule has 27 heavy (non-hydrogen) atoms. The maximum absolute atomic E-state index is 12.8. The average molecular weight is 389 g/mol. The van der Waals surface area contributed by atoms with E-state index in [1.165, 1.54) is 0 Å². The van der Waals surface area contributed by atoms with E-state index in [4.69, 9.17) is 21.1 Å². The van der Waals surface area contributed by atoms with Crippen LogP contribution in [0.1, 0.15) is 18.4 Å². The molecule has 5 nitrogen and oxygen atoms in total. The summed E-state index contributed by atoms with van der Waals surface area (Å²) in [5.74, 6) is 0.733. The smallest absolute Gasteiger partial charge is 0.233 e. The van der Waals surface area contributed by atoms with Crippen molar-refractivity contribution in [2.24, 2.45) is 5.41 Å². The lowest BCUT2D eigenvalue weighted by atomic mass is 9.78. The fraction of sp³-hybridized carbons (Fsp3) is 0.381. The predicted molar refractivity (Wildman–Crippen MR) is 107 cm³/mol. The maximum Gasteiger partial charge on any atom is 0.233 e. The van der Waals surface area contributed by atoms with Crippen LogP contribution in [0.3, 0.4) is 0 Å². The second kappa shape index (κ2) is 9.22. The van der Waals surface area contributed by atoms with E-state index in [0.29, 0.717) is 18.2 Å². The zero-order valence-corrected chi connectivity index (χ0v) is 16.2. The molecule has 0 unspecified atom stereocenters. The van der Waals surface area contributed by atoms with E-state index < -0.39 is 5.41 Å². The Morgan fingerprint density at radius 2 is 1.85 bits per heavy atom. The molecule has 2 N–H and O–H groups in total. The topological polar surface area (TPSA) is 59.6 Å². The summed E-state index contributed by atoms with van der Waals surface area (Å²) in [7, 11) is 1.64. The third-order valence-corrected chi connectivity index (χ3v) is 5.30. The summed E-state index contributed by atoms with van der Waals surface area (Å²) in [6.07, 6.45) is 1.54. The van der Waals surface area contributed by atoms with E-state index in [1.807, 2.05) is 48.5 Å². The second-order valence-corrected chi connectivity index (χ2v) is 7.23.